The van der Waals surface area contributed by atoms with Gasteiger partial charge in [-0.2, -0.15) is 9.78 Å². The Morgan fingerprint density at radius 2 is 2.00 bits per heavy atom. The molecule has 0 aliphatic rings. The Hall–Kier alpha value is -2.63. The Morgan fingerprint density at radius 1 is 1.30 bits per heavy atom. The molecule has 2 N–H and O–H groups in total. The van der Waals surface area contributed by atoms with E-state index in [2.05, 4.69) is 5.10 Å². The average molecular weight is 273 g/mol. The van der Waals surface area contributed by atoms with Crippen LogP contribution in [0.4, 0.5) is 5.82 Å². The van der Waals surface area contributed by atoms with Gasteiger partial charge in [-0.25, -0.2) is 4.79 Å². The standard InChI is InChI=1S/C14H15N3O3/c1-2-20-14(19)11-9-16-17(13(11)15)12(18)8-10-6-4-3-5-7-10/h3-7,9H,2,8,15H2,1H3. The summed E-state index contributed by atoms with van der Waals surface area (Å²) < 4.78 is 5.86. The lowest BCUT2D eigenvalue weighted by atomic mass is 10.1. The molecule has 104 valence electrons. The van der Waals surface area contributed by atoms with Gasteiger partial charge in [0, 0.05) is 0 Å². The summed E-state index contributed by atoms with van der Waals surface area (Å²) in [4.78, 5) is 23.7. The highest BCUT2D eigenvalue weighted by Crippen LogP contribution is 2.13. The van der Waals surface area contributed by atoms with Crippen LogP contribution in [-0.4, -0.2) is 28.3 Å². The zero-order valence-electron chi connectivity index (χ0n) is 11.1. The number of ether oxygens (including phenoxy) is 1. The van der Waals surface area contributed by atoms with Gasteiger partial charge in [0.25, 0.3) is 5.91 Å². The quantitative estimate of drug-likeness (QED) is 0.853. The Morgan fingerprint density at radius 3 is 2.65 bits per heavy atom. The molecule has 0 aliphatic heterocycles. The molecule has 0 aliphatic carbocycles. The Bertz CT molecular complexity index is 620. The molecule has 2 rings (SSSR count). The number of aromatic nitrogens is 2. The summed E-state index contributed by atoms with van der Waals surface area (Å²) in [5, 5.41) is 3.86. The van der Waals surface area contributed by atoms with Crippen molar-refractivity contribution >= 4 is 17.7 Å². The maximum atomic E-state index is 12.1. The largest absolute Gasteiger partial charge is 0.462 e. The lowest BCUT2D eigenvalue weighted by Crippen LogP contribution is -2.18. The number of anilines is 1. The number of hydrogen-bond donors (Lipinski definition) is 1. The summed E-state index contributed by atoms with van der Waals surface area (Å²) in [6, 6.07) is 9.24. The first kappa shape index (κ1) is 13.8. The monoisotopic (exact) mass is 273 g/mol. The first-order valence-corrected chi connectivity index (χ1v) is 6.21. The molecular formula is C14H15N3O3. The molecule has 6 nitrogen and oxygen atoms in total. The van der Waals surface area contributed by atoms with Crippen LogP contribution in [0.2, 0.25) is 0 Å². The van der Waals surface area contributed by atoms with Gasteiger partial charge in [-0.3, -0.25) is 4.79 Å². The molecule has 0 atom stereocenters. The van der Waals surface area contributed by atoms with Crippen LogP contribution < -0.4 is 5.73 Å². The highest BCUT2D eigenvalue weighted by Gasteiger charge is 2.19. The summed E-state index contributed by atoms with van der Waals surface area (Å²) >= 11 is 0. The number of carbonyl (C=O) groups excluding carboxylic acids is 2. The number of carbonyl (C=O) groups is 2. The van der Waals surface area contributed by atoms with E-state index in [9.17, 15) is 9.59 Å². The molecule has 1 aromatic heterocycles. The van der Waals surface area contributed by atoms with E-state index in [1.54, 1.807) is 6.92 Å². The first-order chi connectivity index (χ1) is 9.63. The molecule has 0 spiro atoms. The molecule has 0 saturated heterocycles. The number of rotatable bonds is 4. The molecule has 0 radical (unpaired) electrons. The predicted octanol–water partition coefficient (Wildman–Crippen LogP) is 1.52. The Labute approximate surface area is 116 Å². The molecule has 6 heteroatoms. The molecule has 1 heterocycles. The first-order valence-electron chi connectivity index (χ1n) is 6.21. The molecule has 1 aromatic carbocycles. The number of nitrogen functional groups attached to an aromatic ring is 1. The Kier molecular flexibility index (Phi) is 4.14. The zero-order chi connectivity index (χ0) is 14.5. The third kappa shape index (κ3) is 2.85. The van der Waals surface area contributed by atoms with Crippen LogP contribution in [0.1, 0.15) is 27.6 Å². The molecule has 2 aromatic rings. The summed E-state index contributed by atoms with van der Waals surface area (Å²) in [6.07, 6.45) is 1.41. The van der Waals surface area contributed by atoms with E-state index < -0.39 is 5.97 Å². The highest BCUT2D eigenvalue weighted by molar-refractivity contribution is 5.96. The number of esters is 1. The third-order valence-corrected chi connectivity index (χ3v) is 2.74. The lowest BCUT2D eigenvalue weighted by Gasteiger charge is -2.04. The molecule has 20 heavy (non-hydrogen) atoms. The highest BCUT2D eigenvalue weighted by atomic mass is 16.5. The van der Waals surface area contributed by atoms with Crippen molar-refractivity contribution in [3.05, 3.63) is 47.7 Å². The molecule has 0 amide bonds. The van der Waals surface area contributed by atoms with Crippen molar-refractivity contribution in [2.75, 3.05) is 12.3 Å². The smallest absolute Gasteiger partial charge is 0.343 e. The second-order valence-electron chi connectivity index (χ2n) is 4.13. The van der Waals surface area contributed by atoms with Crippen LogP contribution in [0.3, 0.4) is 0 Å². The van der Waals surface area contributed by atoms with Gasteiger partial charge in [-0.15, -0.1) is 0 Å². The van der Waals surface area contributed by atoms with Gasteiger partial charge in [0.15, 0.2) is 0 Å². The fourth-order valence-electron chi connectivity index (χ4n) is 1.77. The van der Waals surface area contributed by atoms with Crippen molar-refractivity contribution < 1.29 is 14.3 Å². The van der Waals surface area contributed by atoms with Gasteiger partial charge >= 0.3 is 5.97 Å². The minimum Gasteiger partial charge on any atom is -0.462 e. The third-order valence-electron chi connectivity index (χ3n) is 2.74. The molecule has 0 bridgehead atoms. The minimum atomic E-state index is -0.580. The second-order valence-corrected chi connectivity index (χ2v) is 4.13. The summed E-state index contributed by atoms with van der Waals surface area (Å²) in [5.41, 5.74) is 6.72. The topological polar surface area (TPSA) is 87.2 Å². The SMILES string of the molecule is CCOC(=O)c1cnn(C(=O)Cc2ccccc2)c1N. The minimum absolute atomic E-state index is 0.00406. The van der Waals surface area contributed by atoms with Gasteiger partial charge in [0.2, 0.25) is 0 Å². The zero-order valence-corrected chi connectivity index (χ0v) is 11.1. The average Bonchev–Trinajstić information content (AvgIpc) is 2.82. The number of hydrogen-bond acceptors (Lipinski definition) is 5. The van der Waals surface area contributed by atoms with Gasteiger partial charge < -0.3 is 10.5 Å². The van der Waals surface area contributed by atoms with E-state index in [1.807, 2.05) is 30.3 Å². The van der Waals surface area contributed by atoms with Crippen LogP contribution >= 0.6 is 0 Å². The Balaban J connectivity index is 2.17. The maximum absolute atomic E-state index is 12.1. The van der Waals surface area contributed by atoms with Crippen molar-refractivity contribution in [1.29, 1.82) is 0 Å². The molecular weight excluding hydrogens is 258 g/mol. The van der Waals surface area contributed by atoms with Crippen molar-refractivity contribution in [1.82, 2.24) is 9.78 Å². The van der Waals surface area contributed by atoms with Crippen LogP contribution in [0.25, 0.3) is 0 Å². The van der Waals surface area contributed by atoms with Crippen LogP contribution in [0, 0.1) is 0 Å². The number of benzene rings is 1. The summed E-state index contributed by atoms with van der Waals surface area (Å²) in [6.45, 7) is 1.93. The van der Waals surface area contributed by atoms with Crippen LogP contribution in [0.15, 0.2) is 36.5 Å². The van der Waals surface area contributed by atoms with Crippen molar-refractivity contribution in [2.45, 2.75) is 13.3 Å². The summed E-state index contributed by atoms with van der Waals surface area (Å²) in [7, 11) is 0. The van der Waals surface area contributed by atoms with Crippen LogP contribution in [-0.2, 0) is 11.2 Å². The fraction of sp³-hybridized carbons (Fsp3) is 0.214. The second kappa shape index (κ2) is 6.01. The fourth-order valence-corrected chi connectivity index (χ4v) is 1.77. The molecule has 0 unspecified atom stereocenters. The van der Waals surface area contributed by atoms with E-state index in [-0.39, 0.29) is 30.3 Å². The summed E-state index contributed by atoms with van der Waals surface area (Å²) in [5.74, 6) is -0.877. The van der Waals surface area contributed by atoms with E-state index in [4.69, 9.17) is 10.5 Å². The van der Waals surface area contributed by atoms with Gasteiger partial charge in [0.05, 0.1) is 19.2 Å². The van der Waals surface area contributed by atoms with Crippen molar-refractivity contribution in [2.24, 2.45) is 0 Å². The van der Waals surface area contributed by atoms with Gasteiger partial charge in [0.1, 0.15) is 11.4 Å². The lowest BCUT2D eigenvalue weighted by molar-refractivity contribution is 0.0527. The molecule has 0 fully saturated rings. The van der Waals surface area contributed by atoms with Crippen molar-refractivity contribution in [3.8, 4) is 0 Å². The van der Waals surface area contributed by atoms with E-state index in [0.29, 0.717) is 0 Å². The normalized spacial score (nSPS) is 10.2. The predicted molar refractivity (Wildman–Crippen MR) is 73.4 cm³/mol. The van der Waals surface area contributed by atoms with Gasteiger partial charge in [-0.1, -0.05) is 30.3 Å². The van der Waals surface area contributed by atoms with E-state index >= 15 is 0 Å². The van der Waals surface area contributed by atoms with Gasteiger partial charge in [-0.05, 0) is 12.5 Å². The number of nitrogens with zero attached hydrogens (tertiary/aromatic N) is 2. The van der Waals surface area contributed by atoms with Crippen molar-refractivity contribution in [3.63, 3.8) is 0 Å². The van der Waals surface area contributed by atoms with E-state index in [1.165, 1.54) is 6.20 Å². The number of nitrogens with two attached hydrogens (primary N) is 1. The van der Waals surface area contributed by atoms with Crippen LogP contribution in [0.5, 0.6) is 0 Å². The van der Waals surface area contributed by atoms with E-state index in [0.717, 1.165) is 10.2 Å². The molecule has 0 saturated carbocycles. The maximum Gasteiger partial charge on any atom is 0.343 e.